The normalized spacial score (nSPS) is 14.2. The Morgan fingerprint density at radius 3 is 2.76 bits per heavy atom. The molecule has 92 valence electrons. The minimum absolute atomic E-state index is 0.00248. The standard InChI is InChI=1S/C9H10IN3O4/c10-1-2-17-4-13-3-5(14)6-7(13)11-9(16)12-8(6)15/h1-4H2,(H2,11,12,15,16). The molecule has 8 heteroatoms. The molecule has 0 radical (unpaired) electrons. The van der Waals surface area contributed by atoms with Crippen molar-refractivity contribution in [2.75, 3.05) is 29.2 Å². The first-order valence-electron chi connectivity index (χ1n) is 4.92. The van der Waals surface area contributed by atoms with Gasteiger partial charge in [0, 0.05) is 4.43 Å². The van der Waals surface area contributed by atoms with Gasteiger partial charge in [-0.2, -0.15) is 0 Å². The maximum Gasteiger partial charge on any atom is 0.327 e. The average Bonchev–Trinajstić information content (AvgIpc) is 2.56. The molecular formula is C9H10IN3O4. The molecule has 1 aliphatic heterocycles. The second-order valence-corrected chi connectivity index (χ2v) is 4.56. The van der Waals surface area contributed by atoms with Crippen LogP contribution in [0.1, 0.15) is 10.4 Å². The Morgan fingerprint density at radius 2 is 2.06 bits per heavy atom. The molecule has 0 unspecified atom stereocenters. The number of alkyl halides is 1. The fraction of sp³-hybridized carbons (Fsp3) is 0.444. The highest BCUT2D eigenvalue weighted by atomic mass is 127. The van der Waals surface area contributed by atoms with Crippen LogP contribution >= 0.6 is 22.6 Å². The second-order valence-electron chi connectivity index (χ2n) is 3.48. The van der Waals surface area contributed by atoms with Gasteiger partial charge in [-0.1, -0.05) is 22.6 Å². The van der Waals surface area contributed by atoms with Crippen LogP contribution < -0.4 is 16.1 Å². The molecule has 0 saturated carbocycles. The van der Waals surface area contributed by atoms with Crippen molar-refractivity contribution in [2.24, 2.45) is 0 Å². The van der Waals surface area contributed by atoms with Crippen LogP contribution in [0.4, 0.5) is 5.82 Å². The Hall–Kier alpha value is -1.16. The first-order valence-corrected chi connectivity index (χ1v) is 6.44. The summed E-state index contributed by atoms with van der Waals surface area (Å²) in [6.45, 7) is 0.786. The van der Waals surface area contributed by atoms with Crippen molar-refractivity contribution in [1.82, 2.24) is 9.97 Å². The zero-order valence-corrected chi connectivity index (χ0v) is 10.9. The van der Waals surface area contributed by atoms with E-state index in [1.54, 1.807) is 4.90 Å². The number of Topliss-reactive ketones (excluding diaryl/α,β-unsaturated/α-hetero) is 1. The lowest BCUT2D eigenvalue weighted by atomic mass is 10.2. The Balaban J connectivity index is 2.30. The molecule has 0 saturated heterocycles. The predicted octanol–water partition coefficient (Wildman–Crippen LogP) is -0.525. The SMILES string of the molecule is O=C1CN(COCCI)c2[nH]c(=O)[nH]c(=O)c21. The van der Waals surface area contributed by atoms with E-state index in [0.29, 0.717) is 6.61 Å². The van der Waals surface area contributed by atoms with E-state index in [1.165, 1.54) is 0 Å². The number of ether oxygens (including phenoxy) is 1. The number of ketones is 1. The maximum atomic E-state index is 11.6. The molecule has 0 aromatic carbocycles. The number of fused-ring (bicyclic) bond motifs is 1. The van der Waals surface area contributed by atoms with Crippen LogP contribution in [-0.2, 0) is 4.74 Å². The molecule has 0 fully saturated rings. The number of rotatable bonds is 4. The Kier molecular flexibility index (Phi) is 3.62. The van der Waals surface area contributed by atoms with E-state index < -0.39 is 11.2 Å². The van der Waals surface area contributed by atoms with Crippen LogP contribution in [0.2, 0.25) is 0 Å². The summed E-state index contributed by atoms with van der Waals surface area (Å²) >= 11 is 2.17. The summed E-state index contributed by atoms with van der Waals surface area (Å²) in [6.07, 6.45) is 0. The Bertz CT molecular complexity index is 550. The number of hydrogen-bond donors (Lipinski definition) is 2. The van der Waals surface area contributed by atoms with E-state index in [-0.39, 0.29) is 30.4 Å². The number of H-pyrrole nitrogens is 2. The second kappa shape index (κ2) is 5.00. The molecule has 0 atom stereocenters. The van der Waals surface area contributed by atoms with Crippen molar-refractivity contribution in [1.29, 1.82) is 0 Å². The fourth-order valence-corrected chi connectivity index (χ4v) is 1.95. The van der Waals surface area contributed by atoms with Crippen molar-refractivity contribution in [2.45, 2.75) is 0 Å². The first kappa shape index (κ1) is 12.3. The smallest absolute Gasteiger partial charge is 0.327 e. The van der Waals surface area contributed by atoms with Gasteiger partial charge in [0.1, 0.15) is 18.1 Å². The van der Waals surface area contributed by atoms with Gasteiger partial charge in [0.05, 0.1) is 13.2 Å². The lowest BCUT2D eigenvalue weighted by Crippen LogP contribution is -2.29. The molecule has 1 aromatic rings. The van der Waals surface area contributed by atoms with Gasteiger partial charge in [-0.15, -0.1) is 0 Å². The third-order valence-corrected chi connectivity index (χ3v) is 2.76. The van der Waals surface area contributed by atoms with E-state index in [1.807, 2.05) is 4.98 Å². The molecule has 2 heterocycles. The van der Waals surface area contributed by atoms with Gasteiger partial charge in [0.15, 0.2) is 5.78 Å². The number of anilines is 1. The maximum absolute atomic E-state index is 11.6. The van der Waals surface area contributed by atoms with E-state index in [4.69, 9.17) is 4.74 Å². The van der Waals surface area contributed by atoms with Crippen molar-refractivity contribution < 1.29 is 9.53 Å². The zero-order chi connectivity index (χ0) is 12.4. The summed E-state index contributed by atoms with van der Waals surface area (Å²) in [5, 5.41) is 0. The molecule has 17 heavy (non-hydrogen) atoms. The third-order valence-electron chi connectivity index (χ3n) is 2.32. The average molecular weight is 351 g/mol. The number of carbonyl (C=O) groups excluding carboxylic acids is 1. The van der Waals surface area contributed by atoms with E-state index in [2.05, 4.69) is 27.6 Å². The van der Waals surface area contributed by atoms with Gasteiger partial charge < -0.3 is 9.64 Å². The van der Waals surface area contributed by atoms with Gasteiger partial charge >= 0.3 is 5.69 Å². The number of nitrogens with one attached hydrogen (secondary N) is 2. The van der Waals surface area contributed by atoms with E-state index >= 15 is 0 Å². The predicted molar refractivity (Wildman–Crippen MR) is 69.1 cm³/mol. The molecule has 0 spiro atoms. The summed E-state index contributed by atoms with van der Waals surface area (Å²) in [6, 6.07) is 0. The summed E-state index contributed by atoms with van der Waals surface area (Å²) in [7, 11) is 0. The molecule has 0 bridgehead atoms. The van der Waals surface area contributed by atoms with Crippen LogP contribution in [0.3, 0.4) is 0 Å². The number of halogens is 1. The molecule has 1 aromatic heterocycles. The van der Waals surface area contributed by atoms with Crippen molar-refractivity contribution in [3.05, 3.63) is 26.4 Å². The number of aromatic nitrogens is 2. The van der Waals surface area contributed by atoms with Crippen molar-refractivity contribution >= 4 is 34.2 Å². The number of carbonyl (C=O) groups is 1. The number of hydrogen-bond acceptors (Lipinski definition) is 5. The minimum atomic E-state index is -0.648. The quantitative estimate of drug-likeness (QED) is 0.432. The van der Waals surface area contributed by atoms with E-state index in [0.717, 1.165) is 4.43 Å². The topological polar surface area (TPSA) is 95.3 Å². The lowest BCUT2D eigenvalue weighted by Gasteiger charge is -2.16. The van der Waals surface area contributed by atoms with E-state index in [9.17, 15) is 14.4 Å². The Labute approximate surface area is 109 Å². The summed E-state index contributed by atoms with van der Waals surface area (Å²) in [5.41, 5.74) is -1.27. The van der Waals surface area contributed by atoms with Crippen LogP contribution in [-0.4, -0.2) is 40.1 Å². The van der Waals surface area contributed by atoms with Gasteiger partial charge in [0.25, 0.3) is 5.56 Å². The van der Waals surface area contributed by atoms with Crippen LogP contribution in [0.5, 0.6) is 0 Å². The first-order chi connectivity index (χ1) is 8.13. The van der Waals surface area contributed by atoms with Crippen molar-refractivity contribution in [3.8, 4) is 0 Å². The van der Waals surface area contributed by atoms with Gasteiger partial charge in [-0.25, -0.2) is 4.79 Å². The highest BCUT2D eigenvalue weighted by Crippen LogP contribution is 2.20. The monoisotopic (exact) mass is 351 g/mol. The molecule has 2 rings (SSSR count). The summed E-state index contributed by atoms with van der Waals surface area (Å²) in [5.74, 6) is -0.0622. The van der Waals surface area contributed by atoms with Crippen molar-refractivity contribution in [3.63, 3.8) is 0 Å². The highest BCUT2D eigenvalue weighted by molar-refractivity contribution is 14.1. The van der Waals surface area contributed by atoms with Gasteiger partial charge in [-0.05, 0) is 0 Å². The number of nitrogens with zero attached hydrogens (tertiary/aromatic N) is 1. The summed E-state index contributed by atoms with van der Waals surface area (Å²) < 4.78 is 6.12. The highest BCUT2D eigenvalue weighted by Gasteiger charge is 2.30. The van der Waals surface area contributed by atoms with Crippen LogP contribution in [0, 0.1) is 0 Å². The lowest BCUT2D eigenvalue weighted by molar-refractivity contribution is 0.0992. The molecular weight excluding hydrogens is 341 g/mol. The molecule has 7 nitrogen and oxygen atoms in total. The largest absolute Gasteiger partial charge is 0.360 e. The molecule has 1 aliphatic rings. The van der Waals surface area contributed by atoms with Crippen LogP contribution in [0.15, 0.2) is 9.59 Å². The van der Waals surface area contributed by atoms with Crippen LogP contribution in [0.25, 0.3) is 0 Å². The summed E-state index contributed by atoms with van der Waals surface area (Å²) in [4.78, 5) is 40.2. The third kappa shape index (κ3) is 2.41. The number of aromatic amines is 2. The Morgan fingerprint density at radius 1 is 1.29 bits per heavy atom. The van der Waals surface area contributed by atoms with Gasteiger partial charge in [0.2, 0.25) is 0 Å². The molecule has 0 amide bonds. The minimum Gasteiger partial charge on any atom is -0.360 e. The fourth-order valence-electron chi connectivity index (χ4n) is 1.64. The molecule has 2 N–H and O–H groups in total. The van der Waals surface area contributed by atoms with Gasteiger partial charge in [-0.3, -0.25) is 19.6 Å². The molecule has 0 aliphatic carbocycles. The zero-order valence-electron chi connectivity index (χ0n) is 8.79.